The summed E-state index contributed by atoms with van der Waals surface area (Å²) < 4.78 is 0. The molecule has 86 valence electrons. The minimum atomic E-state index is -0.126. The molecule has 0 unspecified atom stereocenters. The van der Waals surface area contributed by atoms with E-state index in [1.54, 1.807) is 24.3 Å². The van der Waals surface area contributed by atoms with Gasteiger partial charge < -0.3 is 10.6 Å². The molecule has 0 heterocycles. The van der Waals surface area contributed by atoms with Gasteiger partial charge in [-0.25, -0.2) is 0 Å². The number of anilines is 1. The van der Waals surface area contributed by atoms with Gasteiger partial charge in [-0.05, 0) is 38.1 Å². The van der Waals surface area contributed by atoms with Crippen molar-refractivity contribution < 1.29 is 9.59 Å². The van der Waals surface area contributed by atoms with Crippen molar-refractivity contribution >= 4 is 17.5 Å². The average molecular weight is 220 g/mol. The van der Waals surface area contributed by atoms with Crippen LogP contribution in [0.1, 0.15) is 31.1 Å². The number of amides is 2. The lowest BCUT2D eigenvalue weighted by Gasteiger charge is -2.08. The number of benzene rings is 1. The first kappa shape index (κ1) is 12.2. The molecule has 0 saturated heterocycles. The summed E-state index contributed by atoms with van der Waals surface area (Å²) in [5, 5.41) is 5.43. The Hall–Kier alpha value is -1.84. The maximum absolute atomic E-state index is 11.6. The van der Waals surface area contributed by atoms with Gasteiger partial charge in [-0.1, -0.05) is 0 Å². The Bertz CT molecular complexity index is 383. The molecule has 4 heteroatoms. The van der Waals surface area contributed by atoms with Crippen LogP contribution in [0.4, 0.5) is 5.69 Å². The van der Waals surface area contributed by atoms with Crippen molar-refractivity contribution in [3.05, 3.63) is 29.8 Å². The zero-order chi connectivity index (χ0) is 12.1. The van der Waals surface area contributed by atoms with E-state index < -0.39 is 0 Å². The predicted molar refractivity (Wildman–Crippen MR) is 63.3 cm³/mol. The molecule has 0 spiro atoms. The largest absolute Gasteiger partial charge is 0.350 e. The number of carbonyl (C=O) groups excluding carboxylic acids is 2. The van der Waals surface area contributed by atoms with E-state index in [2.05, 4.69) is 10.6 Å². The van der Waals surface area contributed by atoms with Gasteiger partial charge >= 0.3 is 0 Å². The number of rotatable bonds is 3. The second kappa shape index (κ2) is 5.30. The van der Waals surface area contributed by atoms with E-state index in [0.29, 0.717) is 11.3 Å². The van der Waals surface area contributed by atoms with E-state index >= 15 is 0 Å². The first-order valence-electron chi connectivity index (χ1n) is 5.17. The minimum Gasteiger partial charge on any atom is -0.350 e. The number of hydrogen-bond donors (Lipinski definition) is 2. The van der Waals surface area contributed by atoms with Crippen LogP contribution in [0.25, 0.3) is 0 Å². The van der Waals surface area contributed by atoms with Crippen LogP contribution in [0.3, 0.4) is 0 Å². The molecule has 0 aliphatic carbocycles. The molecule has 0 aliphatic rings. The van der Waals surface area contributed by atoms with E-state index in [9.17, 15) is 9.59 Å². The van der Waals surface area contributed by atoms with Crippen LogP contribution in [0.15, 0.2) is 24.3 Å². The molecule has 0 atom stereocenters. The summed E-state index contributed by atoms with van der Waals surface area (Å²) in [5.41, 5.74) is 1.27. The van der Waals surface area contributed by atoms with E-state index in [4.69, 9.17) is 0 Å². The van der Waals surface area contributed by atoms with Crippen molar-refractivity contribution in [2.24, 2.45) is 0 Å². The van der Waals surface area contributed by atoms with Crippen molar-refractivity contribution in [2.45, 2.75) is 26.8 Å². The van der Waals surface area contributed by atoms with Crippen LogP contribution in [-0.4, -0.2) is 17.9 Å². The quantitative estimate of drug-likeness (QED) is 0.815. The van der Waals surface area contributed by atoms with Crippen LogP contribution < -0.4 is 10.6 Å². The molecular weight excluding hydrogens is 204 g/mol. The summed E-state index contributed by atoms with van der Waals surface area (Å²) in [6, 6.07) is 6.89. The molecular formula is C12H16N2O2. The fourth-order valence-electron chi connectivity index (χ4n) is 1.25. The van der Waals surface area contributed by atoms with Gasteiger partial charge in [0.05, 0.1) is 0 Å². The molecule has 1 aromatic rings. The lowest BCUT2D eigenvalue weighted by molar-refractivity contribution is -0.114. The van der Waals surface area contributed by atoms with Gasteiger partial charge in [0.25, 0.3) is 5.91 Å². The van der Waals surface area contributed by atoms with Crippen molar-refractivity contribution in [1.82, 2.24) is 5.32 Å². The van der Waals surface area contributed by atoms with E-state index in [1.165, 1.54) is 6.92 Å². The van der Waals surface area contributed by atoms with Crippen molar-refractivity contribution in [3.8, 4) is 0 Å². The molecule has 0 radical (unpaired) electrons. The second-order valence-electron chi connectivity index (χ2n) is 3.89. The maximum Gasteiger partial charge on any atom is 0.251 e. The van der Waals surface area contributed by atoms with Crippen LogP contribution in [-0.2, 0) is 4.79 Å². The van der Waals surface area contributed by atoms with Gasteiger partial charge in [0.2, 0.25) is 5.91 Å². The lowest BCUT2D eigenvalue weighted by atomic mass is 10.2. The molecule has 0 bridgehead atoms. The highest BCUT2D eigenvalue weighted by molar-refractivity contribution is 5.95. The predicted octanol–water partition coefficient (Wildman–Crippen LogP) is 1.78. The summed E-state index contributed by atoms with van der Waals surface area (Å²) in [6.45, 7) is 5.26. The molecule has 4 nitrogen and oxygen atoms in total. The summed E-state index contributed by atoms with van der Waals surface area (Å²) in [5.74, 6) is -0.233. The average Bonchev–Trinajstić information content (AvgIpc) is 2.16. The molecule has 1 rings (SSSR count). The standard InChI is InChI=1S/C12H16N2O2/c1-8(2)13-12(16)10-4-6-11(7-5-10)14-9(3)15/h4-8H,1-3H3,(H,13,16)(H,14,15). The van der Waals surface area contributed by atoms with Gasteiger partial charge in [-0.2, -0.15) is 0 Å². The Kier molecular flexibility index (Phi) is 4.05. The Morgan fingerprint density at radius 2 is 1.69 bits per heavy atom. The van der Waals surface area contributed by atoms with Crippen molar-refractivity contribution in [3.63, 3.8) is 0 Å². The zero-order valence-corrected chi connectivity index (χ0v) is 9.70. The Morgan fingerprint density at radius 3 is 2.12 bits per heavy atom. The van der Waals surface area contributed by atoms with Crippen LogP contribution >= 0.6 is 0 Å². The summed E-state index contributed by atoms with van der Waals surface area (Å²) in [4.78, 5) is 22.4. The van der Waals surface area contributed by atoms with Gasteiger partial charge in [-0.15, -0.1) is 0 Å². The molecule has 16 heavy (non-hydrogen) atoms. The summed E-state index contributed by atoms with van der Waals surface area (Å²) in [6.07, 6.45) is 0. The van der Waals surface area contributed by atoms with Gasteiger partial charge in [0.15, 0.2) is 0 Å². The Morgan fingerprint density at radius 1 is 1.12 bits per heavy atom. The highest BCUT2D eigenvalue weighted by Gasteiger charge is 2.06. The topological polar surface area (TPSA) is 58.2 Å². The third-order valence-electron chi connectivity index (χ3n) is 1.89. The third-order valence-corrected chi connectivity index (χ3v) is 1.89. The van der Waals surface area contributed by atoms with Gasteiger partial charge in [0.1, 0.15) is 0 Å². The molecule has 0 aromatic heterocycles. The van der Waals surface area contributed by atoms with E-state index in [1.807, 2.05) is 13.8 Å². The first-order chi connectivity index (χ1) is 7.49. The fraction of sp³-hybridized carbons (Fsp3) is 0.333. The highest BCUT2D eigenvalue weighted by atomic mass is 16.2. The Labute approximate surface area is 95.0 Å². The highest BCUT2D eigenvalue weighted by Crippen LogP contribution is 2.09. The number of nitrogens with one attached hydrogen (secondary N) is 2. The maximum atomic E-state index is 11.6. The fourth-order valence-corrected chi connectivity index (χ4v) is 1.25. The number of hydrogen-bond acceptors (Lipinski definition) is 2. The van der Waals surface area contributed by atoms with Crippen LogP contribution in [0.5, 0.6) is 0 Å². The van der Waals surface area contributed by atoms with Crippen LogP contribution in [0, 0.1) is 0 Å². The number of carbonyl (C=O) groups is 2. The van der Waals surface area contributed by atoms with Crippen LogP contribution in [0.2, 0.25) is 0 Å². The molecule has 2 amide bonds. The first-order valence-corrected chi connectivity index (χ1v) is 5.17. The molecule has 0 fully saturated rings. The van der Waals surface area contributed by atoms with Gasteiger partial charge in [-0.3, -0.25) is 9.59 Å². The smallest absolute Gasteiger partial charge is 0.251 e. The molecule has 0 saturated carbocycles. The molecule has 2 N–H and O–H groups in total. The van der Waals surface area contributed by atoms with Gasteiger partial charge in [0, 0.05) is 24.2 Å². The third kappa shape index (κ3) is 3.73. The van der Waals surface area contributed by atoms with Crippen molar-refractivity contribution in [2.75, 3.05) is 5.32 Å². The zero-order valence-electron chi connectivity index (χ0n) is 9.70. The van der Waals surface area contributed by atoms with E-state index in [-0.39, 0.29) is 17.9 Å². The Balaban J connectivity index is 2.71. The minimum absolute atomic E-state index is 0.107. The lowest BCUT2D eigenvalue weighted by Crippen LogP contribution is -2.29. The monoisotopic (exact) mass is 220 g/mol. The molecule has 0 aliphatic heterocycles. The van der Waals surface area contributed by atoms with E-state index in [0.717, 1.165) is 0 Å². The second-order valence-corrected chi connectivity index (χ2v) is 3.89. The summed E-state index contributed by atoms with van der Waals surface area (Å²) >= 11 is 0. The normalized spacial score (nSPS) is 10.0. The molecule has 1 aromatic carbocycles. The SMILES string of the molecule is CC(=O)Nc1ccc(C(=O)NC(C)C)cc1. The summed E-state index contributed by atoms with van der Waals surface area (Å²) in [7, 11) is 0. The van der Waals surface area contributed by atoms with Crippen molar-refractivity contribution in [1.29, 1.82) is 0 Å².